The first-order chi connectivity index (χ1) is 13.5. The summed E-state index contributed by atoms with van der Waals surface area (Å²) in [5, 5.41) is 6.02. The van der Waals surface area contributed by atoms with E-state index < -0.39 is 0 Å². The van der Waals surface area contributed by atoms with Crippen LogP contribution in [0.15, 0.2) is 18.2 Å². The third kappa shape index (κ3) is 7.71. The third-order valence-corrected chi connectivity index (χ3v) is 5.14. The molecule has 2 N–H and O–H groups in total. The van der Waals surface area contributed by atoms with Gasteiger partial charge in [-0.3, -0.25) is 9.59 Å². The molecule has 2 amide bonds. The third-order valence-electron chi connectivity index (χ3n) is 5.14. The lowest BCUT2D eigenvalue weighted by Gasteiger charge is -2.23. The first-order valence-electron chi connectivity index (χ1n) is 11.0. The van der Waals surface area contributed by atoms with Crippen molar-refractivity contribution in [1.82, 2.24) is 5.32 Å². The van der Waals surface area contributed by atoms with Crippen molar-refractivity contribution in [2.45, 2.75) is 67.2 Å². The molecule has 0 radical (unpaired) electrons. The van der Waals surface area contributed by atoms with E-state index in [2.05, 4.69) is 57.1 Å². The maximum Gasteiger partial charge on any atom is 0.253 e. The van der Waals surface area contributed by atoms with Crippen LogP contribution in [0.5, 0.6) is 0 Å². The molecule has 1 aliphatic heterocycles. The number of hydrogen-bond donors (Lipinski definition) is 2. The standard InChI is InChI=1S/C24H39N3O2/c1-17(2)16-25-23(29)20-14-19(9-10-21(20)27-11-7-8-12-27)26-22(28)13-18(3)15-24(4,5)6/h9-10,14,17-18H,7-8,11-13,15-16H2,1-6H3,(H,25,29)(H,26,28). The fourth-order valence-corrected chi connectivity index (χ4v) is 4.07. The van der Waals surface area contributed by atoms with E-state index in [1.54, 1.807) is 0 Å². The van der Waals surface area contributed by atoms with Crippen molar-refractivity contribution in [3.8, 4) is 0 Å². The predicted molar refractivity (Wildman–Crippen MR) is 122 cm³/mol. The van der Waals surface area contributed by atoms with Crippen LogP contribution in [-0.2, 0) is 4.79 Å². The molecular weight excluding hydrogens is 362 g/mol. The van der Waals surface area contributed by atoms with E-state index in [4.69, 9.17) is 0 Å². The highest BCUT2D eigenvalue weighted by Crippen LogP contribution is 2.29. The van der Waals surface area contributed by atoms with E-state index in [9.17, 15) is 9.59 Å². The monoisotopic (exact) mass is 401 g/mol. The normalized spacial score (nSPS) is 15.5. The summed E-state index contributed by atoms with van der Waals surface area (Å²) in [6.45, 7) is 15.4. The number of nitrogens with one attached hydrogen (secondary N) is 2. The summed E-state index contributed by atoms with van der Waals surface area (Å²) in [5.41, 5.74) is 2.50. The van der Waals surface area contributed by atoms with E-state index in [0.717, 1.165) is 38.0 Å². The molecule has 5 heteroatoms. The number of amides is 2. The van der Waals surface area contributed by atoms with Crippen LogP contribution in [0.4, 0.5) is 11.4 Å². The Labute approximate surface area is 176 Å². The topological polar surface area (TPSA) is 61.4 Å². The molecule has 1 aromatic rings. The van der Waals surface area contributed by atoms with Crippen molar-refractivity contribution in [2.75, 3.05) is 29.9 Å². The van der Waals surface area contributed by atoms with Gasteiger partial charge in [0.2, 0.25) is 5.91 Å². The predicted octanol–water partition coefficient (Wildman–Crippen LogP) is 5.07. The Morgan fingerprint density at radius 1 is 1.10 bits per heavy atom. The molecule has 0 aliphatic carbocycles. The molecule has 1 saturated heterocycles. The molecule has 2 rings (SSSR count). The van der Waals surface area contributed by atoms with Crippen molar-refractivity contribution in [1.29, 1.82) is 0 Å². The van der Waals surface area contributed by atoms with Crippen LogP contribution in [-0.4, -0.2) is 31.4 Å². The van der Waals surface area contributed by atoms with Crippen LogP contribution in [0.25, 0.3) is 0 Å². The minimum Gasteiger partial charge on any atom is -0.371 e. The second kappa shape index (κ2) is 10.1. The van der Waals surface area contributed by atoms with Gasteiger partial charge in [-0.05, 0) is 54.7 Å². The van der Waals surface area contributed by atoms with Gasteiger partial charge in [-0.15, -0.1) is 0 Å². The van der Waals surface area contributed by atoms with Crippen LogP contribution in [0, 0.1) is 17.3 Å². The number of benzene rings is 1. The van der Waals surface area contributed by atoms with Crippen LogP contribution in [0.3, 0.4) is 0 Å². The molecule has 0 spiro atoms. The molecule has 162 valence electrons. The lowest BCUT2D eigenvalue weighted by molar-refractivity contribution is -0.117. The number of hydrogen-bond acceptors (Lipinski definition) is 3. The van der Waals surface area contributed by atoms with Gasteiger partial charge < -0.3 is 15.5 Å². The summed E-state index contributed by atoms with van der Waals surface area (Å²) in [7, 11) is 0. The maximum atomic E-state index is 12.8. The molecule has 0 aromatic heterocycles. The van der Waals surface area contributed by atoms with E-state index in [0.29, 0.717) is 36.1 Å². The molecule has 29 heavy (non-hydrogen) atoms. The number of carbonyl (C=O) groups excluding carboxylic acids is 2. The summed E-state index contributed by atoms with van der Waals surface area (Å²) >= 11 is 0. The van der Waals surface area contributed by atoms with E-state index in [1.165, 1.54) is 0 Å². The Balaban J connectivity index is 2.13. The molecule has 1 aromatic carbocycles. The number of nitrogens with zero attached hydrogens (tertiary/aromatic N) is 1. The molecule has 1 unspecified atom stereocenters. The van der Waals surface area contributed by atoms with Crippen molar-refractivity contribution in [2.24, 2.45) is 17.3 Å². The molecule has 1 aliphatic rings. The maximum absolute atomic E-state index is 12.8. The Bertz CT molecular complexity index is 701. The summed E-state index contributed by atoms with van der Waals surface area (Å²) in [5.74, 6) is 0.635. The Morgan fingerprint density at radius 2 is 1.76 bits per heavy atom. The van der Waals surface area contributed by atoms with Gasteiger partial charge in [0.15, 0.2) is 0 Å². The first-order valence-corrected chi connectivity index (χ1v) is 11.0. The highest BCUT2D eigenvalue weighted by molar-refractivity contribution is 6.02. The van der Waals surface area contributed by atoms with Gasteiger partial charge in [-0.2, -0.15) is 0 Å². The Morgan fingerprint density at radius 3 is 2.34 bits per heavy atom. The average Bonchev–Trinajstić information content (AvgIpc) is 3.12. The lowest BCUT2D eigenvalue weighted by atomic mass is 9.84. The molecule has 0 saturated carbocycles. The van der Waals surface area contributed by atoms with E-state index >= 15 is 0 Å². The SMILES string of the molecule is CC(C)CNC(=O)c1cc(NC(=O)CC(C)CC(C)(C)C)ccc1N1CCCC1. The smallest absolute Gasteiger partial charge is 0.253 e. The van der Waals surface area contributed by atoms with Crippen molar-refractivity contribution >= 4 is 23.2 Å². The molecule has 1 atom stereocenters. The molecule has 0 bridgehead atoms. The Hall–Kier alpha value is -2.04. The molecule has 5 nitrogen and oxygen atoms in total. The Kier molecular flexibility index (Phi) is 8.12. The zero-order valence-corrected chi connectivity index (χ0v) is 19.1. The minimum absolute atomic E-state index is 0.00390. The fourth-order valence-electron chi connectivity index (χ4n) is 4.07. The zero-order chi connectivity index (χ0) is 21.6. The van der Waals surface area contributed by atoms with Crippen LogP contribution >= 0.6 is 0 Å². The highest BCUT2D eigenvalue weighted by atomic mass is 16.2. The van der Waals surface area contributed by atoms with Crippen LogP contribution < -0.4 is 15.5 Å². The first kappa shape index (κ1) is 23.2. The van der Waals surface area contributed by atoms with Crippen LogP contribution in [0.2, 0.25) is 0 Å². The average molecular weight is 402 g/mol. The van der Waals surface area contributed by atoms with E-state index in [1.807, 2.05) is 18.2 Å². The second-order valence-corrected chi connectivity index (χ2v) is 10.2. The number of anilines is 2. The number of rotatable bonds is 8. The van der Waals surface area contributed by atoms with Crippen LogP contribution in [0.1, 0.15) is 77.6 Å². The van der Waals surface area contributed by atoms with Crippen molar-refractivity contribution in [3.63, 3.8) is 0 Å². The quantitative estimate of drug-likeness (QED) is 0.639. The minimum atomic E-state index is -0.0715. The summed E-state index contributed by atoms with van der Waals surface area (Å²) < 4.78 is 0. The van der Waals surface area contributed by atoms with E-state index in [-0.39, 0.29) is 17.2 Å². The van der Waals surface area contributed by atoms with Gasteiger partial charge in [-0.25, -0.2) is 0 Å². The molecular formula is C24H39N3O2. The summed E-state index contributed by atoms with van der Waals surface area (Å²) in [4.78, 5) is 27.6. The van der Waals surface area contributed by atoms with Gasteiger partial charge in [-0.1, -0.05) is 41.5 Å². The molecule has 1 fully saturated rings. The van der Waals surface area contributed by atoms with Gasteiger partial charge in [0.1, 0.15) is 0 Å². The summed E-state index contributed by atoms with van der Waals surface area (Å²) in [6, 6.07) is 5.72. The number of carbonyl (C=O) groups is 2. The lowest BCUT2D eigenvalue weighted by Crippen LogP contribution is -2.30. The van der Waals surface area contributed by atoms with Gasteiger partial charge in [0, 0.05) is 37.4 Å². The fraction of sp³-hybridized carbons (Fsp3) is 0.667. The molecule has 1 heterocycles. The summed E-state index contributed by atoms with van der Waals surface area (Å²) in [6.07, 6.45) is 3.78. The zero-order valence-electron chi connectivity index (χ0n) is 19.1. The highest BCUT2D eigenvalue weighted by Gasteiger charge is 2.21. The largest absolute Gasteiger partial charge is 0.371 e. The van der Waals surface area contributed by atoms with Crippen molar-refractivity contribution < 1.29 is 9.59 Å². The van der Waals surface area contributed by atoms with Gasteiger partial charge in [0.05, 0.1) is 5.56 Å². The van der Waals surface area contributed by atoms with Gasteiger partial charge in [0.25, 0.3) is 5.91 Å². The second-order valence-electron chi connectivity index (χ2n) is 10.2. The van der Waals surface area contributed by atoms with Crippen molar-refractivity contribution in [3.05, 3.63) is 23.8 Å². The van der Waals surface area contributed by atoms with Gasteiger partial charge >= 0.3 is 0 Å².